The quantitative estimate of drug-likeness (QED) is 0.468. The van der Waals surface area contributed by atoms with Crippen LogP contribution in [-0.4, -0.2) is 30.4 Å². The fourth-order valence-electron chi connectivity index (χ4n) is 2.01. The maximum atomic E-state index is 11.4. The van der Waals surface area contributed by atoms with Crippen molar-refractivity contribution in [2.24, 2.45) is 0 Å². The van der Waals surface area contributed by atoms with Gasteiger partial charge in [0.15, 0.2) is 0 Å². The maximum absolute atomic E-state index is 11.4. The van der Waals surface area contributed by atoms with Crippen molar-refractivity contribution < 1.29 is 19.0 Å². The summed E-state index contributed by atoms with van der Waals surface area (Å²) < 4.78 is 17.0. The Hall–Kier alpha value is -1.55. The van der Waals surface area contributed by atoms with E-state index >= 15 is 0 Å². The molecule has 1 aliphatic rings. The lowest BCUT2D eigenvalue weighted by Gasteiger charge is -2.30. The first kappa shape index (κ1) is 19.5. The van der Waals surface area contributed by atoms with Gasteiger partial charge in [-0.1, -0.05) is 12.7 Å². The maximum Gasteiger partial charge on any atom is 0.333 e. The number of rotatable bonds is 9. The number of esters is 1. The van der Waals surface area contributed by atoms with E-state index in [1.54, 1.807) is 6.92 Å². The minimum atomic E-state index is -0.537. The Bertz CT molecular complexity index is 484. The third-order valence-corrected chi connectivity index (χ3v) is 3.45. The summed E-state index contributed by atoms with van der Waals surface area (Å²) in [7, 11) is 0. The van der Waals surface area contributed by atoms with Gasteiger partial charge in [-0.05, 0) is 59.6 Å². The summed E-state index contributed by atoms with van der Waals surface area (Å²) in [4.78, 5) is 11.4. The highest BCUT2D eigenvalue weighted by atomic mass is 16.6. The molecule has 0 unspecified atom stereocenters. The largest absolute Gasteiger partial charge is 0.488 e. The molecular formula is C19H30O4. The molecule has 1 rings (SSSR count). The summed E-state index contributed by atoms with van der Waals surface area (Å²) in [5.74, 6) is 0.539. The monoisotopic (exact) mass is 322 g/mol. The Balaban J connectivity index is 2.35. The van der Waals surface area contributed by atoms with Crippen molar-refractivity contribution in [2.75, 3.05) is 13.2 Å². The lowest BCUT2D eigenvalue weighted by Crippen LogP contribution is -2.35. The van der Waals surface area contributed by atoms with E-state index in [9.17, 15) is 4.79 Å². The highest BCUT2D eigenvalue weighted by molar-refractivity contribution is 5.86. The molecule has 130 valence electrons. The lowest BCUT2D eigenvalue weighted by atomic mass is 10.0. The molecule has 1 aliphatic carbocycles. The molecule has 0 N–H and O–H groups in total. The standard InChI is InChI=1S/C19H30O4/c1-15(2)17(20)21-14-19(5,6)22-13-12-18(3,4)23-16-10-8-7-9-11-16/h8,10-11H,1,7,9,12-14H2,2-6H3. The normalized spacial score (nSPS) is 15.1. The van der Waals surface area contributed by atoms with Crippen LogP contribution in [0.3, 0.4) is 0 Å². The minimum Gasteiger partial charge on any atom is -0.488 e. The predicted octanol–water partition coefficient (Wildman–Crippen LogP) is 4.32. The zero-order valence-corrected chi connectivity index (χ0v) is 15.1. The van der Waals surface area contributed by atoms with Gasteiger partial charge in [0.05, 0.1) is 12.2 Å². The second kappa shape index (κ2) is 8.34. The topological polar surface area (TPSA) is 44.8 Å². The first-order valence-electron chi connectivity index (χ1n) is 8.14. The minimum absolute atomic E-state index is 0.202. The van der Waals surface area contributed by atoms with E-state index in [0.29, 0.717) is 12.2 Å². The van der Waals surface area contributed by atoms with Gasteiger partial charge in [0.25, 0.3) is 0 Å². The third kappa shape index (κ3) is 8.03. The van der Waals surface area contributed by atoms with Crippen molar-refractivity contribution in [3.05, 3.63) is 36.1 Å². The molecule has 0 aromatic rings. The van der Waals surface area contributed by atoms with Gasteiger partial charge in [-0.2, -0.15) is 0 Å². The number of ether oxygens (including phenoxy) is 3. The van der Waals surface area contributed by atoms with E-state index in [4.69, 9.17) is 14.2 Å². The van der Waals surface area contributed by atoms with Crippen LogP contribution in [0.5, 0.6) is 0 Å². The van der Waals surface area contributed by atoms with E-state index in [1.165, 1.54) is 0 Å². The molecule has 0 heterocycles. The lowest BCUT2D eigenvalue weighted by molar-refractivity contribution is -0.149. The Morgan fingerprint density at radius 3 is 2.48 bits per heavy atom. The van der Waals surface area contributed by atoms with E-state index < -0.39 is 5.60 Å². The van der Waals surface area contributed by atoms with Crippen LogP contribution in [-0.2, 0) is 19.0 Å². The van der Waals surface area contributed by atoms with Gasteiger partial charge in [0, 0.05) is 12.0 Å². The van der Waals surface area contributed by atoms with Crippen LogP contribution in [0.4, 0.5) is 0 Å². The van der Waals surface area contributed by atoms with Gasteiger partial charge < -0.3 is 14.2 Å². The molecule has 0 fully saturated rings. The second-order valence-corrected chi connectivity index (χ2v) is 7.16. The predicted molar refractivity (Wildman–Crippen MR) is 92.0 cm³/mol. The number of allylic oxidation sites excluding steroid dienone is 3. The Labute approximate surface area is 140 Å². The highest BCUT2D eigenvalue weighted by Crippen LogP contribution is 2.23. The fourth-order valence-corrected chi connectivity index (χ4v) is 2.01. The molecule has 0 amide bonds. The van der Waals surface area contributed by atoms with Crippen molar-refractivity contribution in [2.45, 2.75) is 65.1 Å². The van der Waals surface area contributed by atoms with Crippen LogP contribution < -0.4 is 0 Å². The molecule has 0 aromatic heterocycles. The molecule has 0 aromatic carbocycles. The molecule has 0 radical (unpaired) electrons. The van der Waals surface area contributed by atoms with Crippen LogP contribution >= 0.6 is 0 Å². The molecule has 0 atom stereocenters. The van der Waals surface area contributed by atoms with Gasteiger partial charge in [-0.3, -0.25) is 0 Å². The zero-order chi connectivity index (χ0) is 17.5. The van der Waals surface area contributed by atoms with Gasteiger partial charge in [0.2, 0.25) is 0 Å². The summed E-state index contributed by atoms with van der Waals surface area (Å²) in [5.41, 5.74) is -0.451. The zero-order valence-electron chi connectivity index (χ0n) is 15.1. The van der Waals surface area contributed by atoms with E-state index in [1.807, 2.05) is 33.8 Å². The third-order valence-electron chi connectivity index (χ3n) is 3.45. The van der Waals surface area contributed by atoms with Gasteiger partial charge >= 0.3 is 5.97 Å². The van der Waals surface area contributed by atoms with Crippen molar-refractivity contribution in [3.63, 3.8) is 0 Å². The number of carbonyl (C=O) groups excluding carboxylic acids is 1. The van der Waals surface area contributed by atoms with Gasteiger partial charge in [-0.25, -0.2) is 4.79 Å². The second-order valence-electron chi connectivity index (χ2n) is 7.16. The fraction of sp³-hybridized carbons (Fsp3) is 0.632. The molecular weight excluding hydrogens is 292 g/mol. The molecule has 0 spiro atoms. The molecule has 0 bridgehead atoms. The molecule has 4 nitrogen and oxygen atoms in total. The smallest absolute Gasteiger partial charge is 0.333 e. The summed E-state index contributed by atoms with van der Waals surface area (Å²) >= 11 is 0. The first-order valence-corrected chi connectivity index (χ1v) is 8.14. The first-order chi connectivity index (χ1) is 10.6. The van der Waals surface area contributed by atoms with E-state index in [0.717, 1.165) is 25.0 Å². The van der Waals surface area contributed by atoms with Crippen molar-refractivity contribution in [3.8, 4) is 0 Å². The van der Waals surface area contributed by atoms with Crippen molar-refractivity contribution >= 4 is 5.97 Å². The molecule has 0 aliphatic heterocycles. The van der Waals surface area contributed by atoms with Crippen LogP contribution in [0.25, 0.3) is 0 Å². The van der Waals surface area contributed by atoms with Gasteiger partial charge in [-0.15, -0.1) is 0 Å². The average molecular weight is 322 g/mol. The molecule has 4 heteroatoms. The highest BCUT2D eigenvalue weighted by Gasteiger charge is 2.25. The summed E-state index contributed by atoms with van der Waals surface area (Å²) in [6, 6.07) is 0. The summed E-state index contributed by atoms with van der Waals surface area (Å²) in [6.07, 6.45) is 9.11. The van der Waals surface area contributed by atoms with Crippen LogP contribution in [0.1, 0.15) is 53.9 Å². The number of hydrogen-bond donors (Lipinski definition) is 0. The number of hydrogen-bond acceptors (Lipinski definition) is 4. The molecule has 0 saturated heterocycles. The van der Waals surface area contributed by atoms with E-state index in [2.05, 4.69) is 18.7 Å². The molecule has 0 saturated carbocycles. The summed E-state index contributed by atoms with van der Waals surface area (Å²) in [5, 5.41) is 0. The Kier molecular flexibility index (Phi) is 7.07. The summed E-state index contributed by atoms with van der Waals surface area (Å²) in [6.45, 7) is 13.8. The van der Waals surface area contributed by atoms with Crippen LogP contribution in [0, 0.1) is 0 Å². The van der Waals surface area contributed by atoms with E-state index in [-0.39, 0.29) is 18.2 Å². The molecule has 23 heavy (non-hydrogen) atoms. The Morgan fingerprint density at radius 2 is 1.91 bits per heavy atom. The van der Waals surface area contributed by atoms with Crippen LogP contribution in [0.15, 0.2) is 36.1 Å². The van der Waals surface area contributed by atoms with Crippen LogP contribution in [0.2, 0.25) is 0 Å². The number of carbonyl (C=O) groups is 1. The van der Waals surface area contributed by atoms with Crippen molar-refractivity contribution in [1.29, 1.82) is 0 Å². The Morgan fingerprint density at radius 1 is 1.22 bits per heavy atom. The SMILES string of the molecule is C=C(C)C(=O)OCC(C)(C)OCCC(C)(C)OC1=CCCC=C1. The van der Waals surface area contributed by atoms with Crippen molar-refractivity contribution in [1.82, 2.24) is 0 Å². The average Bonchev–Trinajstić information content (AvgIpc) is 2.44. The van der Waals surface area contributed by atoms with Gasteiger partial charge in [0.1, 0.15) is 18.0 Å².